The number of hydrogen-bond donors (Lipinski definition) is 0. The van der Waals surface area contributed by atoms with Gasteiger partial charge in [-0.25, -0.2) is 0 Å². The third kappa shape index (κ3) is 5.05. The summed E-state index contributed by atoms with van der Waals surface area (Å²) in [6.07, 6.45) is 5.78. The van der Waals surface area contributed by atoms with E-state index >= 15 is 0 Å². The van der Waals surface area contributed by atoms with Gasteiger partial charge in [0.25, 0.3) is 0 Å². The van der Waals surface area contributed by atoms with Gasteiger partial charge < -0.3 is 9.64 Å². The molecule has 1 aliphatic heterocycles. The van der Waals surface area contributed by atoms with Crippen LogP contribution in [0.25, 0.3) is 6.08 Å². The van der Waals surface area contributed by atoms with Gasteiger partial charge in [-0.2, -0.15) is 0 Å². The Balaban J connectivity index is 1.44. The van der Waals surface area contributed by atoms with Gasteiger partial charge in [0.15, 0.2) is 0 Å². The lowest BCUT2D eigenvalue weighted by atomic mass is 9.99. The molecular formula is C20H23NO2S. The monoisotopic (exact) mass is 341 g/mol. The van der Waals surface area contributed by atoms with Crippen LogP contribution >= 0.6 is 11.3 Å². The summed E-state index contributed by atoms with van der Waals surface area (Å²) in [4.78, 5) is 15.4. The zero-order chi connectivity index (χ0) is 16.6. The SMILES string of the molecule is O=C(C=Cc1cccs1)N1CCCC(COCc2ccccc2)C1. The topological polar surface area (TPSA) is 29.5 Å². The molecule has 0 saturated carbocycles. The average molecular weight is 341 g/mol. The number of hydrogen-bond acceptors (Lipinski definition) is 3. The molecule has 0 N–H and O–H groups in total. The third-order valence-corrected chi connectivity index (χ3v) is 5.07. The van der Waals surface area contributed by atoms with Crippen molar-refractivity contribution in [1.82, 2.24) is 4.90 Å². The first-order chi connectivity index (χ1) is 11.8. The van der Waals surface area contributed by atoms with Crippen molar-refractivity contribution < 1.29 is 9.53 Å². The second-order valence-corrected chi connectivity index (χ2v) is 7.12. The quantitative estimate of drug-likeness (QED) is 0.736. The van der Waals surface area contributed by atoms with E-state index in [-0.39, 0.29) is 5.91 Å². The standard InChI is InChI=1S/C20H23NO2S/c22-20(11-10-19-9-5-13-24-19)21-12-4-8-18(14-21)16-23-15-17-6-2-1-3-7-17/h1-3,5-7,9-11,13,18H,4,8,12,14-16H2. The van der Waals surface area contributed by atoms with Crippen molar-refractivity contribution in [3.8, 4) is 0 Å². The molecule has 0 aliphatic carbocycles. The van der Waals surface area contributed by atoms with E-state index < -0.39 is 0 Å². The number of carbonyl (C=O) groups excluding carboxylic acids is 1. The highest BCUT2D eigenvalue weighted by molar-refractivity contribution is 7.10. The fourth-order valence-electron chi connectivity index (χ4n) is 2.96. The fourth-order valence-corrected chi connectivity index (χ4v) is 3.58. The summed E-state index contributed by atoms with van der Waals surface area (Å²) < 4.78 is 5.85. The minimum absolute atomic E-state index is 0.108. The Morgan fingerprint density at radius 1 is 1.25 bits per heavy atom. The molecule has 1 fully saturated rings. The van der Waals surface area contributed by atoms with E-state index in [9.17, 15) is 4.79 Å². The van der Waals surface area contributed by atoms with Crippen LogP contribution in [0, 0.1) is 5.92 Å². The largest absolute Gasteiger partial charge is 0.376 e. The van der Waals surface area contributed by atoms with E-state index in [2.05, 4.69) is 12.1 Å². The minimum atomic E-state index is 0.108. The third-order valence-electron chi connectivity index (χ3n) is 4.23. The number of nitrogens with zero attached hydrogens (tertiary/aromatic N) is 1. The van der Waals surface area contributed by atoms with Gasteiger partial charge in [-0.1, -0.05) is 36.4 Å². The van der Waals surface area contributed by atoms with Crippen molar-refractivity contribution in [3.63, 3.8) is 0 Å². The molecule has 3 rings (SSSR count). The first-order valence-electron chi connectivity index (χ1n) is 8.43. The van der Waals surface area contributed by atoms with Crippen LogP contribution in [0.15, 0.2) is 53.9 Å². The number of likely N-dealkylation sites (tertiary alicyclic amines) is 1. The number of carbonyl (C=O) groups is 1. The van der Waals surface area contributed by atoms with Gasteiger partial charge in [-0.15, -0.1) is 11.3 Å². The van der Waals surface area contributed by atoms with Crippen LogP contribution in [0.3, 0.4) is 0 Å². The second-order valence-electron chi connectivity index (χ2n) is 6.14. The minimum Gasteiger partial charge on any atom is -0.376 e. The van der Waals surface area contributed by atoms with Gasteiger partial charge in [0.05, 0.1) is 13.2 Å². The van der Waals surface area contributed by atoms with Gasteiger partial charge in [0.2, 0.25) is 5.91 Å². The van der Waals surface area contributed by atoms with Gasteiger partial charge in [0, 0.05) is 24.0 Å². The molecule has 1 atom stereocenters. The van der Waals surface area contributed by atoms with Gasteiger partial charge in [-0.3, -0.25) is 4.79 Å². The van der Waals surface area contributed by atoms with Crippen LogP contribution in [0.5, 0.6) is 0 Å². The number of amides is 1. The summed E-state index contributed by atoms with van der Waals surface area (Å²) in [6, 6.07) is 14.2. The molecule has 1 aromatic heterocycles. The Bertz CT molecular complexity index is 652. The van der Waals surface area contributed by atoms with Gasteiger partial charge in [0.1, 0.15) is 0 Å². The zero-order valence-corrected chi connectivity index (χ0v) is 14.6. The molecule has 4 heteroatoms. The van der Waals surface area contributed by atoms with Crippen LogP contribution in [0.1, 0.15) is 23.3 Å². The number of benzene rings is 1. The van der Waals surface area contributed by atoms with Crippen molar-refractivity contribution in [2.75, 3.05) is 19.7 Å². The number of ether oxygens (including phenoxy) is 1. The van der Waals surface area contributed by atoms with E-state index in [4.69, 9.17) is 4.74 Å². The van der Waals surface area contributed by atoms with E-state index in [1.165, 1.54) is 5.56 Å². The van der Waals surface area contributed by atoms with Crippen LogP contribution in [-0.4, -0.2) is 30.5 Å². The Hall–Kier alpha value is -1.91. The van der Waals surface area contributed by atoms with Crippen LogP contribution in [0.2, 0.25) is 0 Å². The van der Waals surface area contributed by atoms with E-state index in [1.807, 2.05) is 46.7 Å². The van der Waals surface area contributed by atoms with Crippen molar-refractivity contribution in [2.24, 2.45) is 5.92 Å². The number of piperidine rings is 1. The summed E-state index contributed by atoms with van der Waals surface area (Å²) in [6.45, 7) is 3.00. The molecule has 1 aliphatic rings. The Morgan fingerprint density at radius 3 is 2.92 bits per heavy atom. The molecule has 1 unspecified atom stereocenters. The molecular weight excluding hydrogens is 318 g/mol. The average Bonchev–Trinajstić information content (AvgIpc) is 3.14. The van der Waals surface area contributed by atoms with Crippen molar-refractivity contribution in [2.45, 2.75) is 19.4 Å². The van der Waals surface area contributed by atoms with Crippen molar-refractivity contribution in [3.05, 3.63) is 64.4 Å². The molecule has 1 amide bonds. The van der Waals surface area contributed by atoms with Crippen molar-refractivity contribution in [1.29, 1.82) is 0 Å². The van der Waals surface area contributed by atoms with E-state index in [0.717, 1.165) is 30.8 Å². The molecule has 24 heavy (non-hydrogen) atoms. The highest BCUT2D eigenvalue weighted by Gasteiger charge is 2.22. The Labute approximate surface area is 147 Å². The predicted molar refractivity (Wildman–Crippen MR) is 98.8 cm³/mol. The lowest BCUT2D eigenvalue weighted by molar-refractivity contribution is -0.128. The van der Waals surface area contributed by atoms with E-state index in [0.29, 0.717) is 19.1 Å². The summed E-state index contributed by atoms with van der Waals surface area (Å²) in [5.74, 6) is 0.540. The van der Waals surface area contributed by atoms with Gasteiger partial charge >= 0.3 is 0 Å². The van der Waals surface area contributed by atoms with E-state index in [1.54, 1.807) is 17.4 Å². The smallest absolute Gasteiger partial charge is 0.246 e. The highest BCUT2D eigenvalue weighted by atomic mass is 32.1. The van der Waals surface area contributed by atoms with Crippen molar-refractivity contribution >= 4 is 23.3 Å². The zero-order valence-electron chi connectivity index (χ0n) is 13.8. The molecule has 0 spiro atoms. The van der Waals surface area contributed by atoms with Crippen LogP contribution in [-0.2, 0) is 16.1 Å². The predicted octanol–water partition coefficient (Wildman–Crippen LogP) is 4.22. The molecule has 2 aromatic rings. The second kappa shape index (κ2) is 8.81. The van der Waals surface area contributed by atoms with Crippen LogP contribution < -0.4 is 0 Å². The first kappa shape index (κ1) is 16.9. The Morgan fingerprint density at radius 2 is 2.12 bits per heavy atom. The van der Waals surface area contributed by atoms with Gasteiger partial charge in [-0.05, 0) is 41.8 Å². The lowest BCUT2D eigenvalue weighted by Gasteiger charge is -2.32. The summed E-state index contributed by atoms with van der Waals surface area (Å²) in [5.41, 5.74) is 1.19. The van der Waals surface area contributed by atoms with Crippen LogP contribution in [0.4, 0.5) is 0 Å². The maximum atomic E-state index is 12.3. The maximum absolute atomic E-state index is 12.3. The fraction of sp³-hybridized carbons (Fsp3) is 0.350. The maximum Gasteiger partial charge on any atom is 0.246 e. The molecule has 1 aromatic carbocycles. The molecule has 2 heterocycles. The lowest BCUT2D eigenvalue weighted by Crippen LogP contribution is -2.40. The number of rotatable bonds is 6. The molecule has 126 valence electrons. The molecule has 0 radical (unpaired) electrons. The molecule has 1 saturated heterocycles. The molecule has 3 nitrogen and oxygen atoms in total. The number of thiophene rings is 1. The first-order valence-corrected chi connectivity index (χ1v) is 9.31. The summed E-state index contributed by atoms with van der Waals surface area (Å²) in [5, 5.41) is 2.02. The normalized spacial score (nSPS) is 18.2. The highest BCUT2D eigenvalue weighted by Crippen LogP contribution is 2.18. The summed E-state index contributed by atoms with van der Waals surface area (Å²) >= 11 is 1.64. The summed E-state index contributed by atoms with van der Waals surface area (Å²) in [7, 11) is 0. The Kier molecular flexibility index (Phi) is 6.21. The molecule has 0 bridgehead atoms.